The van der Waals surface area contributed by atoms with E-state index in [-0.39, 0.29) is 5.97 Å². The average Bonchev–Trinajstić information content (AvgIpc) is 2.85. The van der Waals surface area contributed by atoms with Crippen molar-refractivity contribution in [3.8, 4) is 0 Å². The Balaban J connectivity index is 0.000000222. The Morgan fingerprint density at radius 1 is 1.07 bits per heavy atom. The summed E-state index contributed by atoms with van der Waals surface area (Å²) >= 11 is 0. The zero-order valence-electron chi connectivity index (χ0n) is 9.75. The summed E-state index contributed by atoms with van der Waals surface area (Å²) in [5.41, 5.74) is 0. The molecule has 82 valence electrons. The van der Waals surface area contributed by atoms with Crippen LogP contribution in [0.15, 0.2) is 0 Å². The van der Waals surface area contributed by atoms with Crippen LogP contribution in [0.2, 0.25) is 0 Å². The molecule has 3 aliphatic rings. The van der Waals surface area contributed by atoms with E-state index in [2.05, 4.69) is 0 Å². The molecular formula is C12H22O2. The van der Waals surface area contributed by atoms with Crippen molar-refractivity contribution in [2.24, 2.45) is 17.8 Å². The normalized spacial score (nSPS) is 40.7. The summed E-state index contributed by atoms with van der Waals surface area (Å²) in [5.74, 6) is 1.85. The molecule has 1 aliphatic heterocycles. The van der Waals surface area contributed by atoms with Crippen LogP contribution in [0.4, 0.5) is 0 Å². The molecule has 0 aromatic carbocycles. The first-order valence-electron chi connectivity index (χ1n) is 6.05. The third-order valence-corrected chi connectivity index (χ3v) is 3.32. The monoisotopic (exact) mass is 198 g/mol. The van der Waals surface area contributed by atoms with Crippen molar-refractivity contribution >= 4 is 5.97 Å². The van der Waals surface area contributed by atoms with Gasteiger partial charge in [-0.15, -0.1) is 0 Å². The summed E-state index contributed by atoms with van der Waals surface area (Å²) in [4.78, 5) is 11.1. The number of esters is 1. The van der Waals surface area contributed by atoms with Gasteiger partial charge in [-0.2, -0.15) is 0 Å². The van der Waals surface area contributed by atoms with E-state index < -0.39 is 0 Å². The lowest BCUT2D eigenvalue weighted by Gasteiger charge is -2.11. The number of carbonyl (C=O) groups is 1. The molecule has 0 aromatic heterocycles. The average molecular weight is 198 g/mol. The Labute approximate surface area is 87.0 Å². The predicted octanol–water partition coefficient (Wildman–Crippen LogP) is 3.01. The second-order valence-electron chi connectivity index (χ2n) is 3.82. The van der Waals surface area contributed by atoms with E-state index in [0.29, 0.717) is 17.9 Å². The Morgan fingerprint density at radius 3 is 2.14 bits per heavy atom. The smallest absolute Gasteiger partial charge is 0.309 e. The quantitative estimate of drug-likeness (QED) is 0.559. The standard InChI is InChI=1S/C8H10O2.2C2H6/c9-8-6-2-4-1-5(6)7(3-4)10-8;2*1-2/h4-7H,1-3H2;2*1-2H3. The van der Waals surface area contributed by atoms with Crippen molar-refractivity contribution in [1.29, 1.82) is 0 Å². The first-order chi connectivity index (χ1) is 6.84. The molecule has 2 heteroatoms. The third-order valence-electron chi connectivity index (χ3n) is 3.32. The molecule has 14 heavy (non-hydrogen) atoms. The topological polar surface area (TPSA) is 26.3 Å². The fraction of sp³-hybridized carbons (Fsp3) is 0.917. The van der Waals surface area contributed by atoms with Gasteiger partial charge in [-0.1, -0.05) is 27.7 Å². The molecule has 4 unspecified atom stereocenters. The first-order valence-corrected chi connectivity index (χ1v) is 6.05. The lowest BCUT2D eigenvalue weighted by molar-refractivity contribution is -0.143. The van der Waals surface area contributed by atoms with Crippen LogP contribution in [0.3, 0.4) is 0 Å². The van der Waals surface area contributed by atoms with Crippen molar-refractivity contribution in [3.63, 3.8) is 0 Å². The lowest BCUT2D eigenvalue weighted by Crippen LogP contribution is -2.15. The fourth-order valence-electron chi connectivity index (χ4n) is 2.93. The summed E-state index contributed by atoms with van der Waals surface area (Å²) in [7, 11) is 0. The zero-order chi connectivity index (χ0) is 10.7. The number of hydrogen-bond acceptors (Lipinski definition) is 2. The minimum Gasteiger partial charge on any atom is -0.462 e. The second kappa shape index (κ2) is 4.81. The van der Waals surface area contributed by atoms with Gasteiger partial charge >= 0.3 is 5.97 Å². The highest BCUT2D eigenvalue weighted by molar-refractivity contribution is 5.76. The number of rotatable bonds is 0. The van der Waals surface area contributed by atoms with Crippen molar-refractivity contribution in [2.45, 2.75) is 53.1 Å². The summed E-state index contributed by atoms with van der Waals surface area (Å²) in [6.45, 7) is 8.00. The Hall–Kier alpha value is -0.530. The molecule has 2 saturated carbocycles. The van der Waals surface area contributed by atoms with E-state index in [1.54, 1.807) is 0 Å². The molecule has 0 N–H and O–H groups in total. The minimum absolute atomic E-state index is 0.0926. The number of fused-ring (bicyclic) bond motifs is 1. The number of carbonyl (C=O) groups excluding carboxylic acids is 1. The Kier molecular flexibility index (Phi) is 3.97. The van der Waals surface area contributed by atoms with Gasteiger partial charge in [0.1, 0.15) is 6.10 Å². The van der Waals surface area contributed by atoms with E-state index in [9.17, 15) is 4.79 Å². The molecule has 0 spiro atoms. The number of hydrogen-bond donors (Lipinski definition) is 0. The van der Waals surface area contributed by atoms with Crippen molar-refractivity contribution in [1.82, 2.24) is 0 Å². The van der Waals surface area contributed by atoms with E-state index in [4.69, 9.17) is 4.74 Å². The van der Waals surface area contributed by atoms with Crippen LogP contribution < -0.4 is 0 Å². The van der Waals surface area contributed by atoms with Crippen molar-refractivity contribution < 1.29 is 9.53 Å². The predicted molar refractivity (Wildman–Crippen MR) is 56.9 cm³/mol. The van der Waals surface area contributed by atoms with Gasteiger partial charge < -0.3 is 4.74 Å². The van der Waals surface area contributed by atoms with E-state index in [1.165, 1.54) is 6.42 Å². The Bertz CT molecular complexity index is 198. The fourth-order valence-corrected chi connectivity index (χ4v) is 2.93. The van der Waals surface area contributed by atoms with Crippen LogP contribution in [0, 0.1) is 17.8 Å². The lowest BCUT2D eigenvalue weighted by atomic mass is 9.90. The van der Waals surface area contributed by atoms with Gasteiger partial charge in [-0.3, -0.25) is 4.79 Å². The largest absolute Gasteiger partial charge is 0.462 e. The van der Waals surface area contributed by atoms with Crippen LogP contribution in [-0.2, 0) is 9.53 Å². The van der Waals surface area contributed by atoms with Crippen LogP contribution in [0.5, 0.6) is 0 Å². The molecule has 0 aromatic rings. The Morgan fingerprint density at radius 2 is 1.71 bits per heavy atom. The van der Waals surface area contributed by atoms with Gasteiger partial charge in [0, 0.05) is 5.92 Å². The molecule has 3 rings (SSSR count). The molecule has 4 atom stereocenters. The second-order valence-corrected chi connectivity index (χ2v) is 3.82. The number of ether oxygens (including phenoxy) is 1. The summed E-state index contributed by atoms with van der Waals surface area (Å²) in [5, 5.41) is 0. The maximum absolute atomic E-state index is 11.1. The van der Waals surface area contributed by atoms with Crippen LogP contribution in [-0.4, -0.2) is 12.1 Å². The van der Waals surface area contributed by atoms with Gasteiger partial charge in [0.05, 0.1) is 5.92 Å². The summed E-state index contributed by atoms with van der Waals surface area (Å²) in [6.07, 6.45) is 3.88. The van der Waals surface area contributed by atoms with Crippen LogP contribution >= 0.6 is 0 Å². The van der Waals surface area contributed by atoms with Crippen LogP contribution in [0.1, 0.15) is 47.0 Å². The van der Waals surface area contributed by atoms with E-state index >= 15 is 0 Å². The molecule has 2 aliphatic carbocycles. The van der Waals surface area contributed by atoms with Gasteiger partial charge in [0.15, 0.2) is 0 Å². The maximum Gasteiger partial charge on any atom is 0.309 e. The SMILES string of the molecule is CC.CC.O=C1OC2CC3CC1C2C3. The summed E-state index contributed by atoms with van der Waals surface area (Å²) in [6, 6.07) is 0. The minimum atomic E-state index is 0.0926. The first kappa shape index (κ1) is 11.5. The highest BCUT2D eigenvalue weighted by atomic mass is 16.6. The highest BCUT2D eigenvalue weighted by Gasteiger charge is 2.56. The third kappa shape index (κ3) is 1.67. The van der Waals surface area contributed by atoms with Crippen molar-refractivity contribution in [3.05, 3.63) is 0 Å². The molecule has 1 saturated heterocycles. The molecule has 2 nitrogen and oxygen atoms in total. The molecule has 2 bridgehead atoms. The van der Waals surface area contributed by atoms with Crippen molar-refractivity contribution in [2.75, 3.05) is 0 Å². The molecular weight excluding hydrogens is 176 g/mol. The highest BCUT2D eigenvalue weighted by Crippen LogP contribution is 2.54. The molecule has 3 fully saturated rings. The van der Waals surface area contributed by atoms with Crippen LogP contribution in [0.25, 0.3) is 0 Å². The van der Waals surface area contributed by atoms with Gasteiger partial charge in [-0.25, -0.2) is 0 Å². The molecule has 0 radical (unpaired) electrons. The summed E-state index contributed by atoms with van der Waals surface area (Å²) < 4.78 is 5.20. The zero-order valence-corrected chi connectivity index (χ0v) is 9.75. The molecule has 1 heterocycles. The van der Waals surface area contributed by atoms with Gasteiger partial charge in [0.2, 0.25) is 0 Å². The molecule has 0 amide bonds. The van der Waals surface area contributed by atoms with E-state index in [0.717, 1.165) is 18.8 Å². The van der Waals surface area contributed by atoms with Gasteiger partial charge in [-0.05, 0) is 25.2 Å². The van der Waals surface area contributed by atoms with Gasteiger partial charge in [0.25, 0.3) is 0 Å². The maximum atomic E-state index is 11.1. The van der Waals surface area contributed by atoms with E-state index in [1.807, 2.05) is 27.7 Å².